The van der Waals surface area contributed by atoms with E-state index in [-0.39, 0.29) is 10.9 Å². The number of hydrogen-bond acceptors (Lipinski definition) is 7. The van der Waals surface area contributed by atoms with Gasteiger partial charge < -0.3 is 10.6 Å². The number of anilines is 1. The predicted molar refractivity (Wildman–Crippen MR) is 135 cm³/mol. The molecule has 1 aliphatic heterocycles. The highest BCUT2D eigenvalue weighted by atomic mass is 32.2. The third kappa shape index (κ3) is 5.27. The number of sulfonamides is 1. The van der Waals surface area contributed by atoms with Gasteiger partial charge in [-0.1, -0.05) is 6.07 Å². The number of likely N-dealkylation sites (tertiary alicyclic amines) is 1. The van der Waals surface area contributed by atoms with E-state index in [2.05, 4.69) is 33.4 Å². The van der Waals surface area contributed by atoms with Gasteiger partial charge in [0.2, 0.25) is 10.0 Å². The molecule has 0 atom stereocenters. The summed E-state index contributed by atoms with van der Waals surface area (Å²) < 4.78 is 29.3. The zero-order chi connectivity index (χ0) is 24.5. The molecule has 3 N–H and O–H groups in total. The third-order valence-corrected chi connectivity index (χ3v) is 7.87. The van der Waals surface area contributed by atoms with Crippen molar-refractivity contribution in [2.45, 2.75) is 57.5 Å². The number of nitrogens with one attached hydrogen (secondary N) is 1. The maximum absolute atomic E-state index is 13.2. The molecular weight excluding hydrogens is 448 g/mol. The summed E-state index contributed by atoms with van der Waals surface area (Å²) in [6, 6.07) is 9.25. The number of piperidine rings is 1. The van der Waals surface area contributed by atoms with E-state index in [9.17, 15) is 8.42 Å². The molecule has 34 heavy (non-hydrogen) atoms. The van der Waals surface area contributed by atoms with Crippen LogP contribution < -0.4 is 10.5 Å². The number of aryl methyl sites for hydroxylation is 2. The van der Waals surface area contributed by atoms with Crippen LogP contribution in [-0.2, 0) is 10.0 Å². The highest BCUT2D eigenvalue weighted by Crippen LogP contribution is 2.29. The predicted octanol–water partition coefficient (Wildman–Crippen LogP) is 3.56. The van der Waals surface area contributed by atoms with Crippen molar-refractivity contribution in [2.75, 3.05) is 18.8 Å². The fraction of sp³-hybridized carbons (Fsp3) is 0.400. The van der Waals surface area contributed by atoms with Crippen LogP contribution in [0.4, 0.5) is 5.82 Å². The lowest BCUT2D eigenvalue weighted by molar-refractivity contribution is 0.168. The zero-order valence-corrected chi connectivity index (χ0v) is 20.9. The minimum Gasteiger partial charge on any atom is -0.382 e. The average Bonchev–Trinajstić information content (AvgIpc) is 2.80. The van der Waals surface area contributed by atoms with E-state index in [0.717, 1.165) is 42.8 Å². The van der Waals surface area contributed by atoms with Gasteiger partial charge in [0, 0.05) is 35.1 Å². The zero-order valence-electron chi connectivity index (χ0n) is 20.1. The topological polar surface area (TPSA) is 114 Å². The van der Waals surface area contributed by atoms with Gasteiger partial charge in [0.1, 0.15) is 11.5 Å². The Morgan fingerprint density at radius 3 is 2.50 bits per heavy atom. The average molecular weight is 481 g/mol. The first-order valence-corrected chi connectivity index (χ1v) is 13.1. The van der Waals surface area contributed by atoms with Gasteiger partial charge in [0.05, 0.1) is 16.8 Å². The summed E-state index contributed by atoms with van der Waals surface area (Å²) in [5, 5.41) is 0. The summed E-state index contributed by atoms with van der Waals surface area (Å²) in [5.41, 5.74) is 10.5. The smallest absolute Gasteiger partial charge is 0.240 e. The first-order valence-electron chi connectivity index (χ1n) is 11.6. The fourth-order valence-corrected chi connectivity index (χ4v) is 5.63. The number of aromatic nitrogens is 3. The molecule has 1 aliphatic rings. The van der Waals surface area contributed by atoms with E-state index in [1.165, 1.54) is 0 Å². The van der Waals surface area contributed by atoms with E-state index in [1.54, 1.807) is 30.6 Å². The van der Waals surface area contributed by atoms with Gasteiger partial charge >= 0.3 is 0 Å². The van der Waals surface area contributed by atoms with E-state index < -0.39 is 10.0 Å². The van der Waals surface area contributed by atoms with Gasteiger partial charge in [-0.15, -0.1) is 0 Å². The van der Waals surface area contributed by atoms with Crippen LogP contribution in [0.2, 0.25) is 0 Å². The van der Waals surface area contributed by atoms with Crippen LogP contribution in [0, 0.1) is 13.8 Å². The number of rotatable bonds is 6. The SMILES string of the molecule is Cc1cc(-c2nc(-c3cc(S(=O)(=O)NC4CCN(C(C)C)CC4)ccc3C)cnc2N)ccn1. The third-order valence-electron chi connectivity index (χ3n) is 6.35. The molecule has 1 saturated heterocycles. The van der Waals surface area contributed by atoms with Gasteiger partial charge in [-0.2, -0.15) is 0 Å². The van der Waals surface area contributed by atoms with Crippen molar-refractivity contribution in [3.63, 3.8) is 0 Å². The van der Waals surface area contributed by atoms with Gasteiger partial charge in [0.25, 0.3) is 0 Å². The molecule has 0 bridgehead atoms. The second kappa shape index (κ2) is 9.77. The molecule has 0 radical (unpaired) electrons. The summed E-state index contributed by atoms with van der Waals surface area (Å²) in [5.74, 6) is 0.310. The molecule has 0 amide bonds. The first-order chi connectivity index (χ1) is 16.1. The Kier molecular flexibility index (Phi) is 6.97. The molecule has 8 nitrogen and oxygen atoms in total. The summed E-state index contributed by atoms with van der Waals surface area (Å²) in [6.07, 6.45) is 4.89. The normalized spacial score (nSPS) is 15.7. The van der Waals surface area contributed by atoms with Crippen molar-refractivity contribution < 1.29 is 8.42 Å². The van der Waals surface area contributed by atoms with Crippen molar-refractivity contribution in [2.24, 2.45) is 0 Å². The van der Waals surface area contributed by atoms with Crippen molar-refractivity contribution in [1.82, 2.24) is 24.6 Å². The van der Waals surface area contributed by atoms with Crippen LogP contribution in [0.3, 0.4) is 0 Å². The minimum absolute atomic E-state index is 0.0670. The molecule has 3 heterocycles. The first kappa shape index (κ1) is 24.3. The van der Waals surface area contributed by atoms with Crippen LogP contribution in [0.1, 0.15) is 37.9 Å². The maximum Gasteiger partial charge on any atom is 0.240 e. The molecule has 3 aromatic rings. The molecule has 4 rings (SSSR count). The molecule has 180 valence electrons. The lowest BCUT2D eigenvalue weighted by Gasteiger charge is -2.34. The summed E-state index contributed by atoms with van der Waals surface area (Å²) in [4.78, 5) is 15.9. The lowest BCUT2D eigenvalue weighted by atomic mass is 10.1. The van der Waals surface area contributed by atoms with Crippen LogP contribution in [0.5, 0.6) is 0 Å². The van der Waals surface area contributed by atoms with Gasteiger partial charge in [-0.05, 0) is 83.5 Å². The molecule has 0 unspecified atom stereocenters. The van der Waals surface area contributed by atoms with Crippen LogP contribution >= 0.6 is 0 Å². The lowest BCUT2D eigenvalue weighted by Crippen LogP contribution is -2.46. The van der Waals surface area contributed by atoms with Crippen LogP contribution in [-0.4, -0.2) is 53.4 Å². The Morgan fingerprint density at radius 2 is 1.82 bits per heavy atom. The van der Waals surface area contributed by atoms with Gasteiger partial charge in [-0.3, -0.25) is 4.98 Å². The van der Waals surface area contributed by atoms with E-state index in [4.69, 9.17) is 10.7 Å². The highest BCUT2D eigenvalue weighted by Gasteiger charge is 2.26. The number of hydrogen-bond donors (Lipinski definition) is 2. The Labute approximate surface area is 201 Å². The Hall–Kier alpha value is -2.88. The Bertz CT molecular complexity index is 1280. The van der Waals surface area contributed by atoms with Crippen molar-refractivity contribution in [3.8, 4) is 22.5 Å². The summed E-state index contributed by atoms with van der Waals surface area (Å²) in [6.45, 7) is 9.94. The number of benzene rings is 1. The number of pyridine rings is 1. The Balaban J connectivity index is 1.62. The number of nitrogen functional groups attached to an aromatic ring is 1. The number of nitrogens with two attached hydrogens (primary N) is 1. The van der Waals surface area contributed by atoms with Crippen molar-refractivity contribution in [1.29, 1.82) is 0 Å². The molecule has 9 heteroatoms. The molecule has 1 aromatic carbocycles. The van der Waals surface area contributed by atoms with E-state index >= 15 is 0 Å². The number of nitrogens with zero attached hydrogens (tertiary/aromatic N) is 4. The summed E-state index contributed by atoms with van der Waals surface area (Å²) >= 11 is 0. The molecule has 0 saturated carbocycles. The van der Waals surface area contributed by atoms with Crippen LogP contribution in [0.15, 0.2) is 47.6 Å². The fourth-order valence-electron chi connectivity index (χ4n) is 4.30. The van der Waals surface area contributed by atoms with E-state index in [0.29, 0.717) is 28.8 Å². The minimum atomic E-state index is -3.67. The van der Waals surface area contributed by atoms with Gasteiger partial charge in [0.15, 0.2) is 0 Å². The van der Waals surface area contributed by atoms with E-state index in [1.807, 2.05) is 26.0 Å². The molecule has 0 aliphatic carbocycles. The Morgan fingerprint density at radius 1 is 1.09 bits per heavy atom. The molecule has 1 fully saturated rings. The van der Waals surface area contributed by atoms with Crippen molar-refractivity contribution >= 4 is 15.8 Å². The quantitative estimate of drug-likeness (QED) is 0.554. The van der Waals surface area contributed by atoms with Gasteiger partial charge in [-0.25, -0.2) is 23.1 Å². The molecule has 2 aromatic heterocycles. The largest absolute Gasteiger partial charge is 0.382 e. The highest BCUT2D eigenvalue weighted by molar-refractivity contribution is 7.89. The van der Waals surface area contributed by atoms with Crippen LogP contribution in [0.25, 0.3) is 22.5 Å². The standard InChI is InChI=1S/C25H32N6O2S/c1-16(2)31-11-8-20(9-12-31)30-34(32,33)21-6-5-17(3)22(14-21)23-15-28-25(26)24(29-23)19-7-10-27-18(4)13-19/h5-7,10,13-16,20,30H,8-9,11-12H2,1-4H3,(H2,26,28). The second-order valence-corrected chi connectivity index (χ2v) is 10.9. The summed E-state index contributed by atoms with van der Waals surface area (Å²) in [7, 11) is -3.67. The monoisotopic (exact) mass is 480 g/mol. The van der Waals surface area contributed by atoms with Crippen molar-refractivity contribution in [3.05, 3.63) is 54.0 Å². The molecule has 0 spiro atoms. The molecular formula is C25H32N6O2S. The maximum atomic E-state index is 13.2. The second-order valence-electron chi connectivity index (χ2n) is 9.18.